The normalized spacial score (nSPS) is 10.6. The van der Waals surface area contributed by atoms with Gasteiger partial charge in [-0.2, -0.15) is 0 Å². The number of aromatic nitrogens is 2. The minimum atomic E-state index is 0.156. The highest BCUT2D eigenvalue weighted by Gasteiger charge is 2.04. The van der Waals surface area contributed by atoms with Crippen LogP contribution in [0.5, 0.6) is 5.75 Å². The summed E-state index contributed by atoms with van der Waals surface area (Å²) in [5, 5.41) is 13.3. The molecule has 0 radical (unpaired) electrons. The van der Waals surface area contributed by atoms with Crippen LogP contribution in [0.15, 0.2) is 30.7 Å². The van der Waals surface area contributed by atoms with E-state index in [2.05, 4.69) is 15.3 Å². The number of hydrogen-bond donors (Lipinski definition) is 3. The van der Waals surface area contributed by atoms with E-state index in [4.69, 9.17) is 11.6 Å². The summed E-state index contributed by atoms with van der Waals surface area (Å²) in [7, 11) is 0. The SMILES string of the molecule is Oc1c(Cl)cccc1CNCCc1cnc[nH]1. The lowest BCUT2D eigenvalue weighted by Gasteiger charge is -2.07. The van der Waals surface area contributed by atoms with Crippen LogP contribution in [0.2, 0.25) is 5.02 Å². The lowest BCUT2D eigenvalue weighted by atomic mass is 10.2. The number of para-hydroxylation sites is 1. The van der Waals surface area contributed by atoms with Crippen molar-refractivity contribution in [1.29, 1.82) is 0 Å². The molecule has 3 N–H and O–H groups in total. The summed E-state index contributed by atoms with van der Waals surface area (Å²) < 4.78 is 0. The number of aromatic hydroxyl groups is 1. The minimum absolute atomic E-state index is 0.156. The van der Waals surface area contributed by atoms with E-state index in [1.165, 1.54) is 0 Å². The highest BCUT2D eigenvalue weighted by Crippen LogP contribution is 2.26. The molecule has 0 bridgehead atoms. The molecule has 0 saturated carbocycles. The first-order valence-corrected chi connectivity index (χ1v) is 5.79. The van der Waals surface area contributed by atoms with Crippen LogP contribution in [-0.2, 0) is 13.0 Å². The van der Waals surface area contributed by atoms with Gasteiger partial charge in [-0.25, -0.2) is 4.98 Å². The fraction of sp³-hybridized carbons (Fsp3) is 0.250. The fourth-order valence-electron chi connectivity index (χ4n) is 1.57. The zero-order chi connectivity index (χ0) is 12.1. The van der Waals surface area contributed by atoms with E-state index in [0.717, 1.165) is 24.2 Å². The van der Waals surface area contributed by atoms with E-state index in [9.17, 15) is 5.11 Å². The Morgan fingerprint density at radius 2 is 2.29 bits per heavy atom. The summed E-state index contributed by atoms with van der Waals surface area (Å²) in [6, 6.07) is 5.35. The molecule has 0 aliphatic rings. The maximum absolute atomic E-state index is 9.69. The van der Waals surface area contributed by atoms with Crippen molar-refractivity contribution in [3.63, 3.8) is 0 Å². The van der Waals surface area contributed by atoms with Crippen molar-refractivity contribution in [3.8, 4) is 5.75 Å². The number of nitrogens with zero attached hydrogens (tertiary/aromatic N) is 1. The first-order valence-electron chi connectivity index (χ1n) is 5.41. The van der Waals surface area contributed by atoms with Gasteiger partial charge in [0.25, 0.3) is 0 Å². The van der Waals surface area contributed by atoms with Gasteiger partial charge in [0, 0.05) is 37.0 Å². The van der Waals surface area contributed by atoms with Gasteiger partial charge in [0.1, 0.15) is 5.75 Å². The summed E-state index contributed by atoms with van der Waals surface area (Å²) in [5.41, 5.74) is 1.90. The zero-order valence-electron chi connectivity index (χ0n) is 9.28. The second kappa shape index (κ2) is 5.70. The summed E-state index contributed by atoms with van der Waals surface area (Å²) in [6.45, 7) is 1.41. The number of nitrogens with one attached hydrogen (secondary N) is 2. The van der Waals surface area contributed by atoms with Crippen LogP contribution in [0.4, 0.5) is 0 Å². The van der Waals surface area contributed by atoms with E-state index in [0.29, 0.717) is 11.6 Å². The number of imidazole rings is 1. The minimum Gasteiger partial charge on any atom is -0.506 e. The summed E-state index contributed by atoms with van der Waals surface area (Å²) in [6.07, 6.45) is 4.35. The Hall–Kier alpha value is -1.52. The van der Waals surface area contributed by atoms with Gasteiger partial charge in [0.2, 0.25) is 0 Å². The third-order valence-electron chi connectivity index (χ3n) is 2.51. The molecule has 4 nitrogen and oxygen atoms in total. The fourth-order valence-corrected chi connectivity index (χ4v) is 1.76. The number of phenols is 1. The maximum atomic E-state index is 9.69. The number of rotatable bonds is 5. The van der Waals surface area contributed by atoms with Crippen LogP contribution in [0.1, 0.15) is 11.3 Å². The van der Waals surface area contributed by atoms with Crippen LogP contribution in [-0.4, -0.2) is 21.6 Å². The number of hydrogen-bond acceptors (Lipinski definition) is 3. The Labute approximate surface area is 105 Å². The molecule has 0 saturated heterocycles. The van der Waals surface area contributed by atoms with Crippen LogP contribution in [0.25, 0.3) is 0 Å². The second-order valence-corrected chi connectivity index (χ2v) is 4.16. The summed E-state index contributed by atoms with van der Waals surface area (Å²) in [5.74, 6) is 0.156. The first kappa shape index (κ1) is 12.0. The molecule has 2 aromatic rings. The molecule has 0 unspecified atom stereocenters. The predicted octanol–water partition coefficient (Wildman–Crippen LogP) is 2.10. The van der Waals surface area contributed by atoms with Crippen molar-refractivity contribution >= 4 is 11.6 Å². The quantitative estimate of drug-likeness (QED) is 0.714. The van der Waals surface area contributed by atoms with Crippen LogP contribution >= 0.6 is 11.6 Å². The molecule has 0 spiro atoms. The molecule has 0 amide bonds. The molecule has 0 aliphatic heterocycles. The summed E-state index contributed by atoms with van der Waals surface area (Å²) >= 11 is 5.82. The molecule has 17 heavy (non-hydrogen) atoms. The van der Waals surface area contributed by atoms with Gasteiger partial charge in [-0.1, -0.05) is 23.7 Å². The number of benzene rings is 1. The topological polar surface area (TPSA) is 60.9 Å². The highest BCUT2D eigenvalue weighted by molar-refractivity contribution is 6.32. The monoisotopic (exact) mass is 251 g/mol. The van der Waals surface area contributed by atoms with E-state index in [1.807, 2.05) is 12.1 Å². The third kappa shape index (κ3) is 3.22. The Morgan fingerprint density at radius 1 is 1.41 bits per heavy atom. The van der Waals surface area contributed by atoms with Gasteiger partial charge < -0.3 is 15.4 Å². The van der Waals surface area contributed by atoms with Crippen LogP contribution in [0, 0.1) is 0 Å². The lowest BCUT2D eigenvalue weighted by Crippen LogP contribution is -2.16. The highest BCUT2D eigenvalue weighted by atomic mass is 35.5. The van der Waals surface area contributed by atoms with Crippen LogP contribution in [0.3, 0.4) is 0 Å². The van der Waals surface area contributed by atoms with Crippen molar-refractivity contribution in [2.75, 3.05) is 6.54 Å². The molecule has 1 aromatic carbocycles. The van der Waals surface area contributed by atoms with Crippen LogP contribution < -0.4 is 5.32 Å². The Kier molecular flexibility index (Phi) is 4.01. The molecule has 0 aliphatic carbocycles. The van der Waals surface area contributed by atoms with Gasteiger partial charge >= 0.3 is 0 Å². The molecule has 1 heterocycles. The van der Waals surface area contributed by atoms with Crippen molar-refractivity contribution in [2.24, 2.45) is 0 Å². The third-order valence-corrected chi connectivity index (χ3v) is 2.82. The van der Waals surface area contributed by atoms with Gasteiger partial charge in [0.15, 0.2) is 0 Å². The van der Waals surface area contributed by atoms with E-state index in [-0.39, 0.29) is 5.75 Å². The van der Waals surface area contributed by atoms with Gasteiger partial charge in [-0.05, 0) is 6.07 Å². The number of H-pyrrole nitrogens is 1. The molecule has 5 heteroatoms. The standard InChI is InChI=1S/C12H14ClN3O/c13-11-3-1-2-9(12(11)17)6-14-5-4-10-7-15-8-16-10/h1-3,7-8,14,17H,4-6H2,(H,15,16). The van der Waals surface area contributed by atoms with E-state index < -0.39 is 0 Å². The Morgan fingerprint density at radius 3 is 3.06 bits per heavy atom. The Balaban J connectivity index is 1.80. The van der Waals surface area contributed by atoms with Gasteiger partial charge in [0.05, 0.1) is 11.3 Å². The molecular formula is C12H14ClN3O. The van der Waals surface area contributed by atoms with Crippen molar-refractivity contribution < 1.29 is 5.11 Å². The van der Waals surface area contributed by atoms with Crippen molar-refractivity contribution in [3.05, 3.63) is 47.0 Å². The molecular weight excluding hydrogens is 238 g/mol. The van der Waals surface area contributed by atoms with E-state index in [1.54, 1.807) is 18.6 Å². The molecule has 0 fully saturated rings. The number of aromatic amines is 1. The van der Waals surface area contributed by atoms with Gasteiger partial charge in [-0.3, -0.25) is 0 Å². The van der Waals surface area contributed by atoms with Crippen molar-refractivity contribution in [1.82, 2.24) is 15.3 Å². The molecule has 2 rings (SSSR count). The smallest absolute Gasteiger partial charge is 0.138 e. The molecule has 1 aromatic heterocycles. The predicted molar refractivity (Wildman–Crippen MR) is 67.1 cm³/mol. The van der Waals surface area contributed by atoms with Crippen molar-refractivity contribution in [2.45, 2.75) is 13.0 Å². The van der Waals surface area contributed by atoms with E-state index >= 15 is 0 Å². The average molecular weight is 252 g/mol. The summed E-state index contributed by atoms with van der Waals surface area (Å²) in [4.78, 5) is 6.98. The maximum Gasteiger partial charge on any atom is 0.138 e. The lowest BCUT2D eigenvalue weighted by molar-refractivity contribution is 0.465. The van der Waals surface area contributed by atoms with Gasteiger partial charge in [-0.15, -0.1) is 0 Å². The Bertz CT molecular complexity index is 471. The first-order chi connectivity index (χ1) is 8.27. The number of phenolic OH excluding ortho intramolecular Hbond substituents is 1. The molecule has 0 atom stereocenters. The largest absolute Gasteiger partial charge is 0.506 e. The zero-order valence-corrected chi connectivity index (χ0v) is 10.0. The molecule has 90 valence electrons. The second-order valence-electron chi connectivity index (χ2n) is 3.75. The average Bonchev–Trinajstić information content (AvgIpc) is 2.83. The number of halogens is 1.